The molecule has 90 valence electrons. The molecule has 15 heavy (non-hydrogen) atoms. The van der Waals surface area contributed by atoms with Crippen LogP contribution in [-0.2, 0) is 9.53 Å². The van der Waals surface area contributed by atoms with Crippen molar-refractivity contribution >= 4 is 5.91 Å². The number of hydrogen-bond acceptors (Lipinski definition) is 3. The Morgan fingerprint density at radius 3 is 2.20 bits per heavy atom. The van der Waals surface area contributed by atoms with Gasteiger partial charge in [0.1, 0.15) is 0 Å². The van der Waals surface area contributed by atoms with Gasteiger partial charge in [-0.25, -0.2) is 0 Å². The Labute approximate surface area is 92.8 Å². The Balaban J connectivity index is 4.10. The standard InChI is InChI=1S/C11H24N2O2/c1-4-6-13(7-5-2)11(14)8-10(9-12)15-3/h10H,4-9,12H2,1-3H3. The first-order valence-corrected chi connectivity index (χ1v) is 5.70. The number of nitrogens with zero attached hydrogens (tertiary/aromatic N) is 1. The molecule has 4 heteroatoms. The summed E-state index contributed by atoms with van der Waals surface area (Å²) in [6.45, 7) is 6.20. The Bertz CT molecular complexity index is 164. The lowest BCUT2D eigenvalue weighted by molar-refractivity contribution is -0.133. The lowest BCUT2D eigenvalue weighted by Crippen LogP contribution is -2.37. The molecular formula is C11H24N2O2. The molecule has 0 aliphatic heterocycles. The number of carbonyl (C=O) groups excluding carboxylic acids is 1. The number of carbonyl (C=O) groups is 1. The topological polar surface area (TPSA) is 55.6 Å². The van der Waals surface area contributed by atoms with Crippen LogP contribution in [0.15, 0.2) is 0 Å². The summed E-state index contributed by atoms with van der Waals surface area (Å²) in [6.07, 6.45) is 2.24. The summed E-state index contributed by atoms with van der Waals surface area (Å²) >= 11 is 0. The van der Waals surface area contributed by atoms with Crippen molar-refractivity contribution in [3.8, 4) is 0 Å². The molecule has 0 aromatic carbocycles. The lowest BCUT2D eigenvalue weighted by atomic mass is 10.2. The zero-order valence-corrected chi connectivity index (χ0v) is 10.2. The van der Waals surface area contributed by atoms with Crippen LogP contribution >= 0.6 is 0 Å². The van der Waals surface area contributed by atoms with Gasteiger partial charge in [0, 0.05) is 26.7 Å². The van der Waals surface area contributed by atoms with E-state index in [0.717, 1.165) is 25.9 Å². The van der Waals surface area contributed by atoms with Crippen LogP contribution in [0, 0.1) is 0 Å². The number of nitrogens with two attached hydrogens (primary N) is 1. The molecule has 1 amide bonds. The molecule has 1 unspecified atom stereocenters. The van der Waals surface area contributed by atoms with Crippen LogP contribution in [0.25, 0.3) is 0 Å². The predicted octanol–water partition coefficient (Wildman–Crippen LogP) is 0.999. The Morgan fingerprint density at radius 1 is 1.33 bits per heavy atom. The Hall–Kier alpha value is -0.610. The number of amides is 1. The molecule has 0 heterocycles. The van der Waals surface area contributed by atoms with Crippen molar-refractivity contribution in [2.24, 2.45) is 5.73 Å². The van der Waals surface area contributed by atoms with E-state index in [0.29, 0.717) is 13.0 Å². The van der Waals surface area contributed by atoms with E-state index in [1.54, 1.807) is 7.11 Å². The third-order valence-corrected chi connectivity index (χ3v) is 2.34. The summed E-state index contributed by atoms with van der Waals surface area (Å²) in [6, 6.07) is 0. The Morgan fingerprint density at radius 2 is 1.87 bits per heavy atom. The van der Waals surface area contributed by atoms with Gasteiger partial charge >= 0.3 is 0 Å². The average molecular weight is 216 g/mol. The SMILES string of the molecule is CCCN(CCC)C(=O)CC(CN)OC. The van der Waals surface area contributed by atoms with E-state index in [1.807, 2.05) is 4.90 Å². The van der Waals surface area contributed by atoms with Crippen LogP contribution in [0.2, 0.25) is 0 Å². The van der Waals surface area contributed by atoms with Crippen LogP contribution in [-0.4, -0.2) is 43.7 Å². The van der Waals surface area contributed by atoms with Gasteiger partial charge in [0.15, 0.2) is 0 Å². The summed E-state index contributed by atoms with van der Waals surface area (Å²) in [5, 5.41) is 0. The molecule has 0 rings (SSSR count). The molecule has 0 radical (unpaired) electrons. The molecule has 0 fully saturated rings. The van der Waals surface area contributed by atoms with Crippen molar-refractivity contribution in [2.45, 2.75) is 39.2 Å². The van der Waals surface area contributed by atoms with Crippen molar-refractivity contribution in [1.29, 1.82) is 0 Å². The molecule has 0 saturated heterocycles. The van der Waals surface area contributed by atoms with Gasteiger partial charge in [-0.2, -0.15) is 0 Å². The van der Waals surface area contributed by atoms with E-state index in [-0.39, 0.29) is 12.0 Å². The van der Waals surface area contributed by atoms with Crippen LogP contribution in [0.5, 0.6) is 0 Å². The summed E-state index contributed by atoms with van der Waals surface area (Å²) in [5.41, 5.74) is 5.48. The van der Waals surface area contributed by atoms with Crippen molar-refractivity contribution < 1.29 is 9.53 Å². The molecule has 1 atom stereocenters. The number of ether oxygens (including phenoxy) is 1. The summed E-state index contributed by atoms with van der Waals surface area (Å²) < 4.78 is 5.10. The van der Waals surface area contributed by atoms with Gasteiger partial charge in [0.25, 0.3) is 0 Å². The maximum atomic E-state index is 11.8. The van der Waals surface area contributed by atoms with Gasteiger partial charge < -0.3 is 15.4 Å². The fraction of sp³-hybridized carbons (Fsp3) is 0.909. The second-order valence-corrected chi connectivity index (χ2v) is 3.68. The van der Waals surface area contributed by atoms with E-state index in [9.17, 15) is 4.79 Å². The molecular weight excluding hydrogens is 192 g/mol. The summed E-state index contributed by atoms with van der Waals surface area (Å²) in [7, 11) is 1.59. The first-order chi connectivity index (χ1) is 7.19. The number of rotatable bonds is 8. The lowest BCUT2D eigenvalue weighted by Gasteiger charge is -2.23. The highest BCUT2D eigenvalue weighted by molar-refractivity contribution is 5.76. The second-order valence-electron chi connectivity index (χ2n) is 3.68. The fourth-order valence-electron chi connectivity index (χ4n) is 1.49. The predicted molar refractivity (Wildman–Crippen MR) is 61.6 cm³/mol. The normalized spacial score (nSPS) is 12.5. The van der Waals surface area contributed by atoms with Crippen LogP contribution in [0.3, 0.4) is 0 Å². The fourth-order valence-corrected chi connectivity index (χ4v) is 1.49. The maximum Gasteiger partial charge on any atom is 0.225 e. The smallest absolute Gasteiger partial charge is 0.225 e. The number of methoxy groups -OCH3 is 1. The highest BCUT2D eigenvalue weighted by Gasteiger charge is 2.16. The molecule has 2 N–H and O–H groups in total. The van der Waals surface area contributed by atoms with Crippen molar-refractivity contribution in [3.05, 3.63) is 0 Å². The second kappa shape index (κ2) is 8.68. The van der Waals surface area contributed by atoms with E-state index >= 15 is 0 Å². The molecule has 0 aliphatic rings. The molecule has 0 saturated carbocycles. The van der Waals surface area contributed by atoms with E-state index in [2.05, 4.69) is 13.8 Å². The van der Waals surface area contributed by atoms with Gasteiger partial charge in [-0.05, 0) is 12.8 Å². The van der Waals surface area contributed by atoms with Crippen molar-refractivity contribution in [3.63, 3.8) is 0 Å². The van der Waals surface area contributed by atoms with Crippen LogP contribution in [0.4, 0.5) is 0 Å². The first-order valence-electron chi connectivity index (χ1n) is 5.70. The van der Waals surface area contributed by atoms with Crippen molar-refractivity contribution in [2.75, 3.05) is 26.7 Å². The molecule has 4 nitrogen and oxygen atoms in total. The molecule has 0 aromatic rings. The minimum absolute atomic E-state index is 0.145. The van der Waals surface area contributed by atoms with Crippen LogP contribution < -0.4 is 5.73 Å². The number of hydrogen-bond donors (Lipinski definition) is 1. The molecule has 0 spiro atoms. The third kappa shape index (κ3) is 5.74. The first kappa shape index (κ1) is 14.4. The summed E-state index contributed by atoms with van der Waals surface area (Å²) in [4.78, 5) is 13.7. The zero-order valence-electron chi connectivity index (χ0n) is 10.2. The van der Waals surface area contributed by atoms with Gasteiger partial charge in [0.2, 0.25) is 5.91 Å². The largest absolute Gasteiger partial charge is 0.380 e. The van der Waals surface area contributed by atoms with Gasteiger partial charge in [0.05, 0.1) is 12.5 Å². The maximum absolute atomic E-state index is 11.8. The highest BCUT2D eigenvalue weighted by atomic mass is 16.5. The highest BCUT2D eigenvalue weighted by Crippen LogP contribution is 2.03. The quantitative estimate of drug-likeness (QED) is 0.658. The van der Waals surface area contributed by atoms with E-state index < -0.39 is 0 Å². The summed E-state index contributed by atoms with van der Waals surface area (Å²) in [5.74, 6) is 0.149. The van der Waals surface area contributed by atoms with Gasteiger partial charge in [-0.15, -0.1) is 0 Å². The minimum Gasteiger partial charge on any atom is -0.380 e. The molecule has 0 bridgehead atoms. The van der Waals surface area contributed by atoms with Crippen molar-refractivity contribution in [1.82, 2.24) is 4.90 Å². The molecule has 0 aromatic heterocycles. The minimum atomic E-state index is -0.145. The third-order valence-electron chi connectivity index (χ3n) is 2.34. The van der Waals surface area contributed by atoms with Crippen LogP contribution in [0.1, 0.15) is 33.1 Å². The van der Waals surface area contributed by atoms with Gasteiger partial charge in [-0.3, -0.25) is 4.79 Å². The van der Waals surface area contributed by atoms with E-state index in [4.69, 9.17) is 10.5 Å². The van der Waals surface area contributed by atoms with E-state index in [1.165, 1.54) is 0 Å². The zero-order chi connectivity index (χ0) is 11.7. The Kier molecular flexibility index (Phi) is 8.33. The monoisotopic (exact) mass is 216 g/mol. The average Bonchev–Trinajstić information content (AvgIpc) is 2.25. The molecule has 0 aliphatic carbocycles. The van der Waals surface area contributed by atoms with Gasteiger partial charge in [-0.1, -0.05) is 13.8 Å².